The van der Waals surface area contributed by atoms with Gasteiger partial charge in [0.2, 0.25) is 5.89 Å². The summed E-state index contributed by atoms with van der Waals surface area (Å²) < 4.78 is 5.47. The molecule has 1 atom stereocenters. The van der Waals surface area contributed by atoms with Crippen LogP contribution in [0.4, 0.5) is 0 Å². The van der Waals surface area contributed by atoms with E-state index in [9.17, 15) is 0 Å². The van der Waals surface area contributed by atoms with E-state index >= 15 is 0 Å². The first-order valence-corrected chi connectivity index (χ1v) is 7.74. The van der Waals surface area contributed by atoms with Gasteiger partial charge >= 0.3 is 0 Å². The van der Waals surface area contributed by atoms with Crippen LogP contribution in [0.2, 0.25) is 0 Å². The van der Waals surface area contributed by atoms with Crippen molar-refractivity contribution < 1.29 is 4.52 Å². The van der Waals surface area contributed by atoms with E-state index in [1.54, 1.807) is 0 Å². The van der Waals surface area contributed by atoms with Crippen LogP contribution >= 0.6 is 0 Å². The van der Waals surface area contributed by atoms with Crippen LogP contribution in [0.3, 0.4) is 0 Å². The second-order valence-corrected chi connectivity index (χ2v) is 6.24. The molecule has 1 aromatic heterocycles. The molecule has 108 valence electrons. The van der Waals surface area contributed by atoms with Crippen molar-refractivity contribution in [3.05, 3.63) is 11.7 Å². The van der Waals surface area contributed by atoms with Crippen LogP contribution in [0.5, 0.6) is 0 Å². The normalized spacial score (nSPS) is 19.6. The van der Waals surface area contributed by atoms with Crippen LogP contribution < -0.4 is 5.73 Å². The minimum absolute atomic E-state index is 0.215. The van der Waals surface area contributed by atoms with Gasteiger partial charge in [-0.3, -0.25) is 0 Å². The lowest BCUT2D eigenvalue weighted by Crippen LogP contribution is -2.15. The Morgan fingerprint density at radius 1 is 1.21 bits per heavy atom. The number of rotatable bonds is 5. The molecule has 1 aromatic rings. The second kappa shape index (κ2) is 7.04. The zero-order valence-corrected chi connectivity index (χ0v) is 12.3. The lowest BCUT2D eigenvalue weighted by molar-refractivity contribution is 0.329. The number of hydrogen-bond acceptors (Lipinski definition) is 4. The molecule has 0 bridgehead atoms. The Bertz CT molecular complexity index is 351. The second-order valence-electron chi connectivity index (χ2n) is 6.24. The van der Waals surface area contributed by atoms with Crippen molar-refractivity contribution in [2.24, 2.45) is 11.7 Å². The highest BCUT2D eigenvalue weighted by atomic mass is 16.5. The van der Waals surface area contributed by atoms with Gasteiger partial charge in [-0.05, 0) is 25.2 Å². The van der Waals surface area contributed by atoms with E-state index in [4.69, 9.17) is 10.3 Å². The quantitative estimate of drug-likeness (QED) is 0.826. The molecule has 0 aliphatic heterocycles. The fourth-order valence-electron chi connectivity index (χ4n) is 2.98. The summed E-state index contributed by atoms with van der Waals surface area (Å²) in [5.41, 5.74) is 5.84. The van der Waals surface area contributed by atoms with Crippen molar-refractivity contribution in [2.45, 2.75) is 70.6 Å². The molecule has 0 saturated heterocycles. The maximum Gasteiger partial charge on any atom is 0.231 e. The van der Waals surface area contributed by atoms with Crippen LogP contribution in [0, 0.1) is 5.92 Å². The number of nitrogens with zero attached hydrogens (tertiary/aromatic N) is 2. The summed E-state index contributed by atoms with van der Waals surface area (Å²) in [6, 6.07) is 0. The Labute approximate surface area is 116 Å². The highest BCUT2D eigenvalue weighted by molar-refractivity contribution is 5.00. The van der Waals surface area contributed by atoms with Gasteiger partial charge in [0.05, 0.1) is 5.92 Å². The smallest absolute Gasteiger partial charge is 0.231 e. The van der Waals surface area contributed by atoms with Crippen LogP contribution in [0.15, 0.2) is 4.52 Å². The van der Waals surface area contributed by atoms with Crippen LogP contribution in [0.25, 0.3) is 0 Å². The van der Waals surface area contributed by atoms with Crippen molar-refractivity contribution in [3.8, 4) is 0 Å². The van der Waals surface area contributed by atoms with E-state index in [2.05, 4.69) is 24.0 Å². The molecule has 4 nitrogen and oxygen atoms in total. The van der Waals surface area contributed by atoms with Crippen LogP contribution in [-0.2, 0) is 0 Å². The maximum atomic E-state index is 5.84. The lowest BCUT2D eigenvalue weighted by atomic mass is 9.97. The molecule has 1 aliphatic carbocycles. The van der Waals surface area contributed by atoms with Crippen molar-refractivity contribution in [1.82, 2.24) is 10.1 Å². The monoisotopic (exact) mass is 265 g/mol. The van der Waals surface area contributed by atoms with E-state index in [0.717, 1.165) is 18.1 Å². The summed E-state index contributed by atoms with van der Waals surface area (Å²) in [7, 11) is 0. The molecule has 2 N–H and O–H groups in total. The third-order valence-electron chi connectivity index (χ3n) is 4.07. The van der Waals surface area contributed by atoms with Gasteiger partial charge in [0.25, 0.3) is 0 Å². The topological polar surface area (TPSA) is 64.9 Å². The summed E-state index contributed by atoms with van der Waals surface area (Å²) in [6.07, 6.45) is 8.71. The molecule has 0 amide bonds. The van der Waals surface area contributed by atoms with E-state index in [1.807, 2.05) is 0 Å². The lowest BCUT2D eigenvalue weighted by Gasteiger charge is -2.12. The minimum atomic E-state index is 0.215. The number of nitrogens with two attached hydrogens (primary N) is 1. The standard InChI is InChI=1S/C15H27N3O/c1-11(2)9-13(10-16)15-17-14(18-19-15)12-7-5-3-4-6-8-12/h11-13H,3-10,16H2,1-2H3. The molecule has 0 radical (unpaired) electrons. The average molecular weight is 265 g/mol. The van der Waals surface area contributed by atoms with Crippen molar-refractivity contribution >= 4 is 0 Å². The fourth-order valence-corrected chi connectivity index (χ4v) is 2.98. The Hall–Kier alpha value is -0.900. The maximum absolute atomic E-state index is 5.84. The van der Waals surface area contributed by atoms with Crippen molar-refractivity contribution in [1.29, 1.82) is 0 Å². The molecule has 0 aromatic carbocycles. The summed E-state index contributed by atoms with van der Waals surface area (Å²) in [6.45, 7) is 4.99. The first-order valence-electron chi connectivity index (χ1n) is 7.74. The van der Waals surface area contributed by atoms with Gasteiger partial charge in [0.1, 0.15) is 0 Å². The van der Waals surface area contributed by atoms with E-state index in [1.165, 1.54) is 38.5 Å². The SMILES string of the molecule is CC(C)CC(CN)c1nc(C2CCCCCC2)no1. The molecule has 19 heavy (non-hydrogen) atoms. The third kappa shape index (κ3) is 4.03. The molecular weight excluding hydrogens is 238 g/mol. The highest BCUT2D eigenvalue weighted by Crippen LogP contribution is 2.31. The van der Waals surface area contributed by atoms with Gasteiger partial charge in [-0.1, -0.05) is 44.7 Å². The molecule has 1 fully saturated rings. The van der Waals surface area contributed by atoms with Crippen LogP contribution in [0.1, 0.15) is 82.3 Å². The fraction of sp³-hybridized carbons (Fsp3) is 0.867. The summed E-state index contributed by atoms with van der Waals surface area (Å²) in [5.74, 6) is 2.97. The molecule has 1 unspecified atom stereocenters. The van der Waals surface area contributed by atoms with E-state index < -0.39 is 0 Å². The number of aromatic nitrogens is 2. The molecular formula is C15H27N3O. The van der Waals surface area contributed by atoms with Gasteiger partial charge in [-0.2, -0.15) is 4.98 Å². The minimum Gasteiger partial charge on any atom is -0.339 e. The zero-order chi connectivity index (χ0) is 13.7. The van der Waals surface area contributed by atoms with Crippen LogP contribution in [-0.4, -0.2) is 16.7 Å². The Balaban J connectivity index is 2.04. The molecule has 1 aliphatic rings. The Morgan fingerprint density at radius 2 is 1.89 bits per heavy atom. The Morgan fingerprint density at radius 3 is 2.47 bits per heavy atom. The van der Waals surface area contributed by atoms with Gasteiger partial charge in [-0.15, -0.1) is 0 Å². The van der Waals surface area contributed by atoms with Gasteiger partial charge in [0.15, 0.2) is 5.82 Å². The molecule has 4 heteroatoms. The summed E-state index contributed by atoms with van der Waals surface area (Å²) in [5, 5.41) is 4.22. The molecule has 2 rings (SSSR count). The first-order chi connectivity index (χ1) is 9.20. The predicted octanol–water partition coefficient (Wildman–Crippen LogP) is 3.60. The highest BCUT2D eigenvalue weighted by Gasteiger charge is 2.23. The van der Waals surface area contributed by atoms with Crippen molar-refractivity contribution in [2.75, 3.05) is 6.54 Å². The van der Waals surface area contributed by atoms with E-state index in [0.29, 0.717) is 18.4 Å². The zero-order valence-electron chi connectivity index (χ0n) is 12.3. The first kappa shape index (κ1) is 14.5. The Kier molecular flexibility index (Phi) is 5.37. The van der Waals surface area contributed by atoms with Gasteiger partial charge < -0.3 is 10.3 Å². The number of hydrogen-bond donors (Lipinski definition) is 1. The largest absolute Gasteiger partial charge is 0.339 e. The summed E-state index contributed by atoms with van der Waals surface area (Å²) >= 11 is 0. The van der Waals surface area contributed by atoms with Crippen molar-refractivity contribution in [3.63, 3.8) is 0 Å². The molecule has 1 saturated carbocycles. The van der Waals surface area contributed by atoms with Gasteiger partial charge in [-0.25, -0.2) is 0 Å². The average Bonchev–Trinajstić information content (AvgIpc) is 2.71. The van der Waals surface area contributed by atoms with E-state index in [-0.39, 0.29) is 5.92 Å². The molecule has 1 heterocycles. The summed E-state index contributed by atoms with van der Waals surface area (Å²) in [4.78, 5) is 4.64. The molecule has 0 spiro atoms. The van der Waals surface area contributed by atoms with Gasteiger partial charge in [0, 0.05) is 12.5 Å². The third-order valence-corrected chi connectivity index (χ3v) is 4.07. The predicted molar refractivity (Wildman–Crippen MR) is 76.0 cm³/mol.